The van der Waals surface area contributed by atoms with E-state index in [-0.39, 0.29) is 11.4 Å². The van der Waals surface area contributed by atoms with Crippen molar-refractivity contribution in [3.63, 3.8) is 0 Å². The molecule has 36 heavy (non-hydrogen) atoms. The van der Waals surface area contributed by atoms with Crippen molar-refractivity contribution in [2.24, 2.45) is 0 Å². The average molecular weight is 483 g/mol. The van der Waals surface area contributed by atoms with E-state index in [1.807, 2.05) is 23.2 Å². The zero-order valence-corrected chi connectivity index (χ0v) is 21.2. The summed E-state index contributed by atoms with van der Waals surface area (Å²) in [7, 11) is 1.70. The molecule has 0 saturated carbocycles. The Kier molecular flexibility index (Phi) is 5.25. The predicted molar refractivity (Wildman–Crippen MR) is 138 cm³/mol. The summed E-state index contributed by atoms with van der Waals surface area (Å²) in [5, 5.41) is 0. The quantitative estimate of drug-likeness (QED) is 0.379. The number of amides is 1. The summed E-state index contributed by atoms with van der Waals surface area (Å²) in [6.07, 6.45) is 9.39. The Morgan fingerprint density at radius 1 is 1.06 bits per heavy atom. The van der Waals surface area contributed by atoms with E-state index in [2.05, 4.69) is 47.4 Å². The SMILES string of the molecule is COc1cc2c(cc1-c1cccnc1)-c1c(-c3ncco3)c3c(n1CC2)C(=O)N(C(C)(C)C)CCC3. The van der Waals surface area contributed by atoms with Gasteiger partial charge in [-0.3, -0.25) is 9.78 Å². The molecule has 0 bridgehead atoms. The molecule has 0 radical (unpaired) electrons. The van der Waals surface area contributed by atoms with Gasteiger partial charge in [-0.15, -0.1) is 0 Å². The Balaban J connectivity index is 1.65. The first kappa shape index (κ1) is 22.6. The van der Waals surface area contributed by atoms with E-state index in [4.69, 9.17) is 9.15 Å². The highest BCUT2D eigenvalue weighted by atomic mass is 16.5. The van der Waals surface area contributed by atoms with Gasteiger partial charge in [-0.25, -0.2) is 4.98 Å². The number of methoxy groups -OCH3 is 1. The van der Waals surface area contributed by atoms with Crippen LogP contribution in [0.15, 0.2) is 53.5 Å². The minimum Gasteiger partial charge on any atom is -0.496 e. The summed E-state index contributed by atoms with van der Waals surface area (Å²) < 4.78 is 13.9. The number of nitrogens with zero attached hydrogens (tertiary/aromatic N) is 4. The molecular weight excluding hydrogens is 452 g/mol. The molecule has 2 aliphatic heterocycles. The predicted octanol–water partition coefficient (Wildman–Crippen LogP) is 5.62. The van der Waals surface area contributed by atoms with Gasteiger partial charge in [0, 0.05) is 47.7 Å². The van der Waals surface area contributed by atoms with E-state index in [1.165, 1.54) is 5.56 Å². The summed E-state index contributed by atoms with van der Waals surface area (Å²) >= 11 is 0. The van der Waals surface area contributed by atoms with Crippen molar-refractivity contribution in [2.75, 3.05) is 13.7 Å². The van der Waals surface area contributed by atoms with Crippen molar-refractivity contribution in [1.82, 2.24) is 19.4 Å². The van der Waals surface area contributed by atoms with Crippen LogP contribution in [0, 0.1) is 0 Å². The molecule has 4 aromatic rings. The van der Waals surface area contributed by atoms with Crippen LogP contribution in [0.25, 0.3) is 33.8 Å². The Morgan fingerprint density at radius 3 is 2.61 bits per heavy atom. The van der Waals surface area contributed by atoms with Gasteiger partial charge in [0.25, 0.3) is 5.91 Å². The van der Waals surface area contributed by atoms with Gasteiger partial charge in [0.2, 0.25) is 5.89 Å². The minimum absolute atomic E-state index is 0.0819. The third-order valence-corrected chi connectivity index (χ3v) is 7.33. The van der Waals surface area contributed by atoms with Gasteiger partial charge in [0.1, 0.15) is 17.7 Å². The molecule has 0 N–H and O–H groups in total. The minimum atomic E-state index is -0.264. The average Bonchev–Trinajstić information content (AvgIpc) is 3.47. The lowest BCUT2D eigenvalue weighted by Gasteiger charge is -2.35. The molecule has 0 unspecified atom stereocenters. The maximum Gasteiger partial charge on any atom is 0.271 e. The van der Waals surface area contributed by atoms with Crippen molar-refractivity contribution in [2.45, 2.75) is 52.1 Å². The highest BCUT2D eigenvalue weighted by Crippen LogP contribution is 2.47. The fourth-order valence-electron chi connectivity index (χ4n) is 5.72. The second kappa shape index (κ2) is 8.36. The van der Waals surface area contributed by atoms with Crippen LogP contribution < -0.4 is 4.74 Å². The molecule has 0 fully saturated rings. The Hall–Kier alpha value is -3.87. The molecule has 184 valence electrons. The molecule has 3 aromatic heterocycles. The van der Waals surface area contributed by atoms with E-state index in [0.717, 1.165) is 70.8 Å². The first-order valence-corrected chi connectivity index (χ1v) is 12.5. The molecule has 0 saturated heterocycles. The zero-order chi connectivity index (χ0) is 25.0. The lowest BCUT2D eigenvalue weighted by atomic mass is 9.91. The fraction of sp³-hybridized carbons (Fsp3) is 0.345. The number of hydrogen-bond acceptors (Lipinski definition) is 5. The monoisotopic (exact) mass is 482 g/mol. The van der Waals surface area contributed by atoms with Crippen LogP contribution in [0.4, 0.5) is 0 Å². The number of benzene rings is 1. The maximum atomic E-state index is 14.1. The number of aryl methyl sites for hydroxylation is 1. The van der Waals surface area contributed by atoms with Gasteiger partial charge < -0.3 is 18.6 Å². The third-order valence-electron chi connectivity index (χ3n) is 7.33. The van der Waals surface area contributed by atoms with E-state index in [1.54, 1.807) is 25.8 Å². The molecule has 0 aliphatic carbocycles. The summed E-state index contributed by atoms with van der Waals surface area (Å²) in [5.74, 6) is 1.46. The van der Waals surface area contributed by atoms with Crippen LogP contribution in [0.3, 0.4) is 0 Å². The number of fused-ring (bicyclic) bond motifs is 5. The van der Waals surface area contributed by atoms with E-state index in [9.17, 15) is 4.79 Å². The lowest BCUT2D eigenvalue weighted by molar-refractivity contribution is 0.0579. The second-order valence-electron chi connectivity index (χ2n) is 10.5. The summed E-state index contributed by atoms with van der Waals surface area (Å²) in [6, 6.07) is 8.26. The second-order valence-corrected chi connectivity index (χ2v) is 10.5. The number of ether oxygens (including phenoxy) is 1. The lowest BCUT2D eigenvalue weighted by Crippen LogP contribution is -2.46. The van der Waals surface area contributed by atoms with Crippen molar-refractivity contribution in [3.05, 3.63) is 65.9 Å². The third kappa shape index (κ3) is 3.45. The van der Waals surface area contributed by atoms with E-state index >= 15 is 0 Å². The van der Waals surface area contributed by atoms with Gasteiger partial charge in [-0.05, 0) is 69.4 Å². The van der Waals surface area contributed by atoms with Gasteiger partial charge >= 0.3 is 0 Å². The smallest absolute Gasteiger partial charge is 0.271 e. The number of pyridine rings is 1. The van der Waals surface area contributed by atoms with E-state index in [0.29, 0.717) is 12.4 Å². The molecule has 0 spiro atoms. The molecule has 1 aromatic carbocycles. The van der Waals surface area contributed by atoms with Crippen LogP contribution in [-0.2, 0) is 19.4 Å². The topological polar surface area (TPSA) is 73.4 Å². The van der Waals surface area contributed by atoms with Crippen molar-refractivity contribution in [1.29, 1.82) is 0 Å². The molecule has 1 amide bonds. The Labute approximate surface area is 210 Å². The van der Waals surface area contributed by atoms with Crippen LogP contribution in [-0.4, -0.2) is 44.5 Å². The number of rotatable bonds is 3. The van der Waals surface area contributed by atoms with Crippen molar-refractivity contribution in [3.8, 4) is 39.6 Å². The van der Waals surface area contributed by atoms with E-state index < -0.39 is 0 Å². The first-order chi connectivity index (χ1) is 17.4. The molecule has 2 aliphatic rings. The Morgan fingerprint density at radius 2 is 1.92 bits per heavy atom. The Bertz CT molecular complexity index is 1450. The zero-order valence-electron chi connectivity index (χ0n) is 21.2. The molecule has 5 heterocycles. The summed E-state index contributed by atoms with van der Waals surface area (Å²) in [4.78, 5) is 24.9. The molecule has 7 heteroatoms. The maximum absolute atomic E-state index is 14.1. The van der Waals surface area contributed by atoms with Gasteiger partial charge in [-0.1, -0.05) is 6.07 Å². The van der Waals surface area contributed by atoms with Gasteiger partial charge in [0.05, 0.1) is 24.6 Å². The number of carbonyl (C=O) groups is 1. The van der Waals surface area contributed by atoms with Gasteiger partial charge in [-0.2, -0.15) is 0 Å². The van der Waals surface area contributed by atoms with Crippen LogP contribution in [0.1, 0.15) is 48.8 Å². The van der Waals surface area contributed by atoms with Gasteiger partial charge in [0.15, 0.2) is 0 Å². The summed E-state index contributed by atoms with van der Waals surface area (Å²) in [5.41, 5.74) is 7.70. The normalized spacial score (nSPS) is 15.2. The highest BCUT2D eigenvalue weighted by Gasteiger charge is 2.39. The van der Waals surface area contributed by atoms with Crippen LogP contribution in [0.2, 0.25) is 0 Å². The van der Waals surface area contributed by atoms with Crippen molar-refractivity contribution < 1.29 is 13.9 Å². The van der Waals surface area contributed by atoms with Crippen molar-refractivity contribution >= 4 is 5.91 Å². The largest absolute Gasteiger partial charge is 0.496 e. The number of aromatic nitrogens is 3. The highest BCUT2D eigenvalue weighted by molar-refractivity contribution is 6.01. The number of hydrogen-bond donors (Lipinski definition) is 0. The number of oxazole rings is 1. The fourth-order valence-corrected chi connectivity index (χ4v) is 5.72. The van der Waals surface area contributed by atoms with Crippen LogP contribution in [0.5, 0.6) is 5.75 Å². The number of carbonyl (C=O) groups excluding carboxylic acids is 1. The standard InChI is InChI=1S/C29H30N4O3/c1-29(2,3)33-12-6-8-20-24(27-31-11-14-36-27)25-22-16-21(19-7-5-10-30-17-19)23(35-4)15-18(22)9-13-32(25)26(20)28(33)34/h5,7,10-11,14-17H,6,8-9,12-13H2,1-4H3. The first-order valence-electron chi connectivity index (χ1n) is 12.5. The molecule has 6 rings (SSSR count). The molecular formula is C29H30N4O3. The molecule has 7 nitrogen and oxygen atoms in total. The molecule has 0 atom stereocenters. The van der Waals surface area contributed by atoms with Crippen LogP contribution >= 0.6 is 0 Å². The summed E-state index contributed by atoms with van der Waals surface area (Å²) in [6.45, 7) is 7.76.